The molecular formula is C20H25N. The number of rotatable bonds is 2. The minimum Gasteiger partial charge on any atom is -0.362 e. The van der Waals surface area contributed by atoms with Gasteiger partial charge >= 0.3 is 0 Å². The topological polar surface area (TPSA) is 3.24 Å². The number of para-hydroxylation sites is 1. The van der Waals surface area contributed by atoms with Crippen molar-refractivity contribution in [1.82, 2.24) is 0 Å². The van der Waals surface area contributed by atoms with Crippen LogP contribution in [0.25, 0.3) is 0 Å². The molecular weight excluding hydrogens is 254 g/mol. The molecule has 0 bridgehead atoms. The van der Waals surface area contributed by atoms with Crippen molar-refractivity contribution >= 4 is 5.69 Å². The third kappa shape index (κ3) is 2.70. The fourth-order valence-corrected chi connectivity index (χ4v) is 3.62. The zero-order chi connectivity index (χ0) is 15.0. The number of aryl methyl sites for hydroxylation is 1. The van der Waals surface area contributed by atoms with Crippen molar-refractivity contribution in [2.45, 2.75) is 52.1 Å². The first-order valence-electron chi connectivity index (χ1n) is 7.89. The largest absolute Gasteiger partial charge is 0.362 e. The van der Waals surface area contributed by atoms with E-state index in [0.29, 0.717) is 5.92 Å². The van der Waals surface area contributed by atoms with Crippen LogP contribution in [-0.2, 0) is 6.54 Å². The molecule has 2 aromatic rings. The van der Waals surface area contributed by atoms with Gasteiger partial charge in [0.25, 0.3) is 0 Å². The van der Waals surface area contributed by atoms with Gasteiger partial charge in [-0.1, -0.05) is 55.0 Å². The lowest BCUT2D eigenvalue weighted by molar-refractivity contribution is 0.374. The number of hydrogen-bond donors (Lipinski definition) is 0. The highest BCUT2D eigenvalue weighted by molar-refractivity contribution is 5.59. The van der Waals surface area contributed by atoms with Crippen molar-refractivity contribution in [1.29, 1.82) is 0 Å². The van der Waals surface area contributed by atoms with Crippen LogP contribution >= 0.6 is 0 Å². The zero-order valence-corrected chi connectivity index (χ0v) is 13.6. The summed E-state index contributed by atoms with van der Waals surface area (Å²) < 4.78 is 0. The molecule has 1 unspecified atom stereocenters. The van der Waals surface area contributed by atoms with Crippen LogP contribution in [-0.4, -0.2) is 5.54 Å². The van der Waals surface area contributed by atoms with Gasteiger partial charge in [0.15, 0.2) is 0 Å². The Hall–Kier alpha value is -1.76. The standard InChI is InChI=1S/C20H25N/c1-15-9-11-17(12-10-15)14-21-19-8-6-5-7-18(19)16(2)13-20(21,3)4/h5-12,16H,13-14H2,1-4H3. The van der Waals surface area contributed by atoms with Crippen LogP contribution in [0.3, 0.4) is 0 Å². The van der Waals surface area contributed by atoms with E-state index < -0.39 is 0 Å². The normalized spacial score (nSPS) is 20.2. The maximum Gasteiger partial charge on any atom is 0.0435 e. The Morgan fingerprint density at radius 1 is 1.05 bits per heavy atom. The lowest BCUT2D eigenvalue weighted by Crippen LogP contribution is -2.47. The van der Waals surface area contributed by atoms with E-state index in [1.165, 1.54) is 28.8 Å². The lowest BCUT2D eigenvalue weighted by Gasteiger charge is -2.47. The van der Waals surface area contributed by atoms with Gasteiger partial charge in [0, 0.05) is 17.8 Å². The van der Waals surface area contributed by atoms with E-state index in [2.05, 4.69) is 81.1 Å². The van der Waals surface area contributed by atoms with Gasteiger partial charge in [0.05, 0.1) is 0 Å². The molecule has 21 heavy (non-hydrogen) atoms. The Bertz CT molecular complexity index is 625. The molecule has 0 saturated heterocycles. The summed E-state index contributed by atoms with van der Waals surface area (Å²) in [6.07, 6.45) is 1.20. The van der Waals surface area contributed by atoms with Gasteiger partial charge in [-0.15, -0.1) is 0 Å². The summed E-state index contributed by atoms with van der Waals surface area (Å²) in [5, 5.41) is 0. The zero-order valence-electron chi connectivity index (χ0n) is 13.6. The quantitative estimate of drug-likeness (QED) is 0.722. The van der Waals surface area contributed by atoms with Crippen molar-refractivity contribution in [2.24, 2.45) is 0 Å². The summed E-state index contributed by atoms with van der Waals surface area (Å²) in [5.74, 6) is 0.630. The molecule has 3 rings (SSSR count). The van der Waals surface area contributed by atoms with Crippen LogP contribution < -0.4 is 4.90 Å². The molecule has 110 valence electrons. The highest BCUT2D eigenvalue weighted by atomic mass is 15.2. The highest BCUT2D eigenvalue weighted by Crippen LogP contribution is 2.43. The van der Waals surface area contributed by atoms with Crippen LogP contribution in [0.5, 0.6) is 0 Å². The molecule has 0 saturated carbocycles. The van der Waals surface area contributed by atoms with Gasteiger partial charge < -0.3 is 4.90 Å². The third-order valence-electron chi connectivity index (χ3n) is 4.76. The van der Waals surface area contributed by atoms with Gasteiger partial charge in [0.1, 0.15) is 0 Å². The van der Waals surface area contributed by atoms with Crippen molar-refractivity contribution in [2.75, 3.05) is 4.90 Å². The van der Waals surface area contributed by atoms with Crippen LogP contribution in [0.15, 0.2) is 48.5 Å². The molecule has 1 atom stereocenters. The Morgan fingerprint density at radius 3 is 2.43 bits per heavy atom. The maximum atomic E-state index is 2.58. The Balaban J connectivity index is 1.99. The molecule has 2 aromatic carbocycles. The first kappa shape index (κ1) is 14.2. The molecule has 0 spiro atoms. The van der Waals surface area contributed by atoms with E-state index in [4.69, 9.17) is 0 Å². The number of anilines is 1. The second-order valence-corrected chi connectivity index (χ2v) is 7.05. The molecule has 0 aromatic heterocycles. The van der Waals surface area contributed by atoms with E-state index in [0.717, 1.165) is 6.54 Å². The second-order valence-electron chi connectivity index (χ2n) is 7.05. The molecule has 0 aliphatic carbocycles. The minimum absolute atomic E-state index is 0.193. The monoisotopic (exact) mass is 279 g/mol. The minimum atomic E-state index is 0.193. The summed E-state index contributed by atoms with van der Waals surface area (Å²) in [7, 11) is 0. The average molecular weight is 279 g/mol. The Morgan fingerprint density at radius 2 is 1.71 bits per heavy atom. The first-order chi connectivity index (χ1) is 9.97. The van der Waals surface area contributed by atoms with E-state index in [1.807, 2.05) is 0 Å². The van der Waals surface area contributed by atoms with Crippen LogP contribution in [0, 0.1) is 6.92 Å². The number of benzene rings is 2. The molecule has 1 nitrogen and oxygen atoms in total. The summed E-state index contributed by atoms with van der Waals surface area (Å²) in [6.45, 7) is 10.2. The van der Waals surface area contributed by atoms with Gasteiger partial charge in [-0.3, -0.25) is 0 Å². The van der Waals surface area contributed by atoms with E-state index in [-0.39, 0.29) is 5.54 Å². The lowest BCUT2D eigenvalue weighted by atomic mass is 9.80. The smallest absolute Gasteiger partial charge is 0.0435 e. The van der Waals surface area contributed by atoms with Gasteiger partial charge in [0.2, 0.25) is 0 Å². The molecule has 1 heterocycles. The highest BCUT2D eigenvalue weighted by Gasteiger charge is 2.35. The van der Waals surface area contributed by atoms with Crippen molar-refractivity contribution in [3.63, 3.8) is 0 Å². The second kappa shape index (κ2) is 5.22. The molecule has 0 N–H and O–H groups in total. The molecule has 0 fully saturated rings. The molecule has 1 aliphatic heterocycles. The fraction of sp³-hybridized carbons (Fsp3) is 0.400. The van der Waals surface area contributed by atoms with Gasteiger partial charge in [-0.05, 0) is 50.3 Å². The van der Waals surface area contributed by atoms with Crippen LogP contribution in [0.4, 0.5) is 5.69 Å². The van der Waals surface area contributed by atoms with Gasteiger partial charge in [-0.25, -0.2) is 0 Å². The average Bonchev–Trinajstić information content (AvgIpc) is 2.45. The number of fused-ring (bicyclic) bond motifs is 1. The van der Waals surface area contributed by atoms with E-state index in [1.54, 1.807) is 0 Å². The predicted octanol–water partition coefficient (Wildman–Crippen LogP) is 5.29. The van der Waals surface area contributed by atoms with Crippen molar-refractivity contribution in [3.8, 4) is 0 Å². The summed E-state index contributed by atoms with van der Waals surface area (Å²) in [4.78, 5) is 2.58. The summed E-state index contributed by atoms with van der Waals surface area (Å²) in [6, 6.07) is 17.8. The molecule has 1 heteroatoms. The molecule has 1 aliphatic rings. The van der Waals surface area contributed by atoms with E-state index in [9.17, 15) is 0 Å². The Kier molecular flexibility index (Phi) is 3.52. The van der Waals surface area contributed by atoms with Crippen molar-refractivity contribution < 1.29 is 0 Å². The Labute approximate surface area is 128 Å². The SMILES string of the molecule is Cc1ccc(CN2c3ccccc3C(C)CC2(C)C)cc1. The first-order valence-corrected chi connectivity index (χ1v) is 7.89. The third-order valence-corrected chi connectivity index (χ3v) is 4.76. The van der Waals surface area contributed by atoms with Crippen LogP contribution in [0.2, 0.25) is 0 Å². The summed E-state index contributed by atoms with van der Waals surface area (Å²) >= 11 is 0. The summed E-state index contributed by atoms with van der Waals surface area (Å²) in [5.41, 5.74) is 5.80. The predicted molar refractivity (Wildman–Crippen MR) is 90.9 cm³/mol. The number of hydrogen-bond acceptors (Lipinski definition) is 1. The van der Waals surface area contributed by atoms with Crippen molar-refractivity contribution in [3.05, 3.63) is 65.2 Å². The van der Waals surface area contributed by atoms with Crippen LogP contribution in [0.1, 0.15) is 49.8 Å². The fourth-order valence-electron chi connectivity index (χ4n) is 3.62. The maximum absolute atomic E-state index is 2.58. The molecule has 0 amide bonds. The molecule has 0 radical (unpaired) electrons. The van der Waals surface area contributed by atoms with E-state index >= 15 is 0 Å². The van der Waals surface area contributed by atoms with Gasteiger partial charge in [-0.2, -0.15) is 0 Å². The number of nitrogens with zero attached hydrogens (tertiary/aromatic N) is 1.